The molecule has 0 aromatic heterocycles. The zero-order valence-corrected chi connectivity index (χ0v) is 50.3. The largest absolute Gasteiger partial charge is 0.462 e. The van der Waals surface area contributed by atoms with Gasteiger partial charge in [0.2, 0.25) is 0 Å². The minimum absolute atomic E-state index is 0.0851. The first-order valence-electron chi connectivity index (χ1n) is 33.1. The second kappa shape index (κ2) is 63.9. The summed E-state index contributed by atoms with van der Waals surface area (Å²) in [5.74, 6) is -0.905. The summed E-state index contributed by atoms with van der Waals surface area (Å²) in [4.78, 5) is 38.3. The monoisotopic (exact) mass is 1050 g/mol. The van der Waals surface area contributed by atoms with Crippen molar-refractivity contribution in [2.24, 2.45) is 0 Å². The molecule has 0 radical (unpaired) electrons. The SMILES string of the molecule is CC/C=C\C/C=C\C/C=C\C/C=C\CCCCC(=O)OC(COC(=O)CCCCCCCCCCCCCCCC)COC(=O)CCCCCCCCCCCCCCCCCCCCCCCCCCCCCC. The predicted molar refractivity (Wildman–Crippen MR) is 325 cm³/mol. The number of rotatable bonds is 61. The molecule has 6 heteroatoms. The van der Waals surface area contributed by atoms with Crippen LogP contribution < -0.4 is 0 Å². The lowest BCUT2D eigenvalue weighted by atomic mass is 10.0. The summed E-state index contributed by atoms with van der Waals surface area (Å²) < 4.78 is 16.9. The Hall–Kier alpha value is -2.63. The van der Waals surface area contributed by atoms with Gasteiger partial charge in [-0.3, -0.25) is 14.4 Å². The molecular weight excluding hydrogens is 925 g/mol. The molecule has 75 heavy (non-hydrogen) atoms. The van der Waals surface area contributed by atoms with E-state index in [0.717, 1.165) is 77.0 Å². The van der Waals surface area contributed by atoms with Gasteiger partial charge in [0.1, 0.15) is 13.2 Å². The van der Waals surface area contributed by atoms with Crippen molar-refractivity contribution < 1.29 is 28.6 Å². The van der Waals surface area contributed by atoms with E-state index in [0.29, 0.717) is 19.3 Å². The third-order valence-corrected chi connectivity index (χ3v) is 14.8. The van der Waals surface area contributed by atoms with E-state index in [1.165, 1.54) is 231 Å². The van der Waals surface area contributed by atoms with Crippen LogP contribution in [-0.2, 0) is 28.6 Å². The number of carbonyl (C=O) groups is 3. The summed E-state index contributed by atoms with van der Waals surface area (Å²) in [5, 5.41) is 0. The Morgan fingerprint density at radius 2 is 0.520 bits per heavy atom. The summed E-state index contributed by atoms with van der Waals surface area (Å²) in [6.07, 6.45) is 80.0. The van der Waals surface area contributed by atoms with E-state index >= 15 is 0 Å². The molecule has 0 aromatic rings. The summed E-state index contributed by atoms with van der Waals surface area (Å²) in [6.45, 7) is 6.55. The highest BCUT2D eigenvalue weighted by molar-refractivity contribution is 5.71. The van der Waals surface area contributed by atoms with Gasteiger partial charge in [0.15, 0.2) is 6.10 Å². The smallest absolute Gasteiger partial charge is 0.306 e. The second-order valence-corrected chi connectivity index (χ2v) is 22.4. The van der Waals surface area contributed by atoms with Crippen molar-refractivity contribution in [1.82, 2.24) is 0 Å². The fraction of sp³-hybridized carbons (Fsp3) is 0.841. The topological polar surface area (TPSA) is 78.9 Å². The van der Waals surface area contributed by atoms with Crippen LogP contribution in [0.2, 0.25) is 0 Å². The van der Waals surface area contributed by atoms with E-state index in [4.69, 9.17) is 14.2 Å². The van der Waals surface area contributed by atoms with E-state index in [9.17, 15) is 14.4 Å². The fourth-order valence-electron chi connectivity index (χ4n) is 9.91. The Morgan fingerprint density at radius 1 is 0.280 bits per heavy atom. The van der Waals surface area contributed by atoms with Crippen LogP contribution in [0.3, 0.4) is 0 Å². The van der Waals surface area contributed by atoms with E-state index in [1.54, 1.807) is 0 Å². The van der Waals surface area contributed by atoms with E-state index < -0.39 is 6.10 Å². The zero-order valence-electron chi connectivity index (χ0n) is 50.3. The van der Waals surface area contributed by atoms with Gasteiger partial charge in [-0.05, 0) is 57.8 Å². The van der Waals surface area contributed by atoms with Crippen LogP contribution in [0.15, 0.2) is 48.6 Å². The first-order valence-corrected chi connectivity index (χ1v) is 33.1. The van der Waals surface area contributed by atoms with Crippen LogP contribution in [0, 0.1) is 0 Å². The molecule has 0 fully saturated rings. The molecule has 1 atom stereocenters. The standard InChI is InChI=1S/C69H126O6/c1-4-7-10-13-16-19-22-25-28-29-30-31-32-33-34-35-36-37-38-39-40-42-44-47-50-53-56-59-62-68(71)74-65-66(64-73-67(70)61-58-55-52-49-46-43-27-24-21-18-15-12-9-6-3)75-69(72)63-60-57-54-51-48-45-41-26-23-20-17-14-11-8-5-2/h8,11,17,20,26,41,48,51,66H,4-7,9-10,12-16,18-19,21-25,27-40,42-47,49-50,52-65H2,1-3H3/b11-8-,20-17-,41-26-,51-48-. The van der Waals surface area contributed by atoms with Crippen molar-refractivity contribution >= 4 is 17.9 Å². The van der Waals surface area contributed by atoms with Crippen molar-refractivity contribution in [2.75, 3.05) is 13.2 Å². The van der Waals surface area contributed by atoms with Gasteiger partial charge in [-0.15, -0.1) is 0 Å². The number of hydrogen-bond acceptors (Lipinski definition) is 6. The minimum Gasteiger partial charge on any atom is -0.462 e. The Morgan fingerprint density at radius 3 is 0.813 bits per heavy atom. The Balaban J connectivity index is 4.20. The number of hydrogen-bond donors (Lipinski definition) is 0. The summed E-state index contributed by atoms with van der Waals surface area (Å²) in [5.41, 5.74) is 0. The maximum absolute atomic E-state index is 12.9. The lowest BCUT2D eigenvalue weighted by Crippen LogP contribution is -2.30. The van der Waals surface area contributed by atoms with E-state index in [-0.39, 0.29) is 37.5 Å². The maximum Gasteiger partial charge on any atom is 0.306 e. The van der Waals surface area contributed by atoms with Crippen molar-refractivity contribution in [3.63, 3.8) is 0 Å². The van der Waals surface area contributed by atoms with E-state index in [1.807, 2.05) is 0 Å². The zero-order chi connectivity index (χ0) is 54.3. The van der Waals surface area contributed by atoms with Crippen LogP contribution in [0.5, 0.6) is 0 Å². The predicted octanol–water partition coefficient (Wildman–Crippen LogP) is 22.6. The number of allylic oxidation sites excluding steroid dienone is 8. The third-order valence-electron chi connectivity index (χ3n) is 14.8. The van der Waals surface area contributed by atoms with Crippen LogP contribution in [0.4, 0.5) is 0 Å². The first-order chi connectivity index (χ1) is 37.0. The first kappa shape index (κ1) is 72.4. The molecule has 0 aliphatic rings. The number of carbonyl (C=O) groups excluding carboxylic acids is 3. The quantitative estimate of drug-likeness (QED) is 0.0261. The molecule has 0 amide bonds. The van der Waals surface area contributed by atoms with Gasteiger partial charge in [-0.25, -0.2) is 0 Å². The Kier molecular flexibility index (Phi) is 61.7. The van der Waals surface area contributed by atoms with Gasteiger partial charge >= 0.3 is 17.9 Å². The molecule has 0 rings (SSSR count). The van der Waals surface area contributed by atoms with E-state index in [2.05, 4.69) is 69.4 Å². The highest BCUT2D eigenvalue weighted by Crippen LogP contribution is 2.18. The number of esters is 3. The maximum atomic E-state index is 12.9. The average Bonchev–Trinajstić information content (AvgIpc) is 3.41. The molecule has 0 spiro atoms. The Bertz CT molecular complexity index is 1300. The van der Waals surface area contributed by atoms with Crippen molar-refractivity contribution in [3.8, 4) is 0 Å². The summed E-state index contributed by atoms with van der Waals surface area (Å²) >= 11 is 0. The lowest BCUT2D eigenvalue weighted by molar-refractivity contribution is -0.167. The molecule has 1 unspecified atom stereocenters. The van der Waals surface area contributed by atoms with Crippen LogP contribution in [0.25, 0.3) is 0 Å². The lowest BCUT2D eigenvalue weighted by Gasteiger charge is -2.18. The van der Waals surface area contributed by atoms with Gasteiger partial charge in [0.25, 0.3) is 0 Å². The van der Waals surface area contributed by atoms with Crippen molar-refractivity contribution in [3.05, 3.63) is 48.6 Å². The van der Waals surface area contributed by atoms with Gasteiger partial charge in [-0.1, -0.05) is 326 Å². The molecule has 0 bridgehead atoms. The molecule has 0 N–H and O–H groups in total. The summed E-state index contributed by atoms with van der Waals surface area (Å²) in [6, 6.07) is 0. The molecule has 438 valence electrons. The molecule has 0 aliphatic heterocycles. The summed E-state index contributed by atoms with van der Waals surface area (Å²) in [7, 11) is 0. The fourth-order valence-corrected chi connectivity index (χ4v) is 9.91. The second-order valence-electron chi connectivity index (χ2n) is 22.4. The van der Waals surface area contributed by atoms with Crippen LogP contribution in [-0.4, -0.2) is 37.2 Å². The molecule has 0 saturated carbocycles. The molecule has 0 saturated heterocycles. The number of unbranched alkanes of at least 4 members (excludes halogenated alkanes) is 42. The highest BCUT2D eigenvalue weighted by atomic mass is 16.6. The van der Waals surface area contributed by atoms with Crippen LogP contribution >= 0.6 is 0 Å². The molecule has 0 aliphatic carbocycles. The Labute approximate surface area is 467 Å². The molecule has 0 aromatic carbocycles. The van der Waals surface area contributed by atoms with Gasteiger partial charge in [-0.2, -0.15) is 0 Å². The average molecular weight is 1050 g/mol. The molecule has 0 heterocycles. The molecule has 6 nitrogen and oxygen atoms in total. The number of ether oxygens (including phenoxy) is 3. The van der Waals surface area contributed by atoms with Crippen molar-refractivity contribution in [1.29, 1.82) is 0 Å². The normalized spacial score (nSPS) is 12.3. The highest BCUT2D eigenvalue weighted by Gasteiger charge is 2.19. The van der Waals surface area contributed by atoms with Gasteiger partial charge in [0, 0.05) is 19.3 Å². The third kappa shape index (κ3) is 62.1. The van der Waals surface area contributed by atoms with Crippen LogP contribution in [0.1, 0.15) is 355 Å². The van der Waals surface area contributed by atoms with Gasteiger partial charge < -0.3 is 14.2 Å². The minimum atomic E-state index is -0.792. The van der Waals surface area contributed by atoms with Gasteiger partial charge in [0.05, 0.1) is 0 Å². The molecular formula is C69H126O6. The van der Waals surface area contributed by atoms with Crippen molar-refractivity contribution in [2.45, 2.75) is 361 Å².